The molecular formula is C28H20N2Na4O8P2. The topological polar surface area (TPSA) is 185 Å². The van der Waals surface area contributed by atoms with Gasteiger partial charge < -0.3 is 39.3 Å². The van der Waals surface area contributed by atoms with Crippen molar-refractivity contribution in [2.24, 2.45) is 0 Å². The first-order valence-corrected chi connectivity index (χ1v) is 14.7. The predicted molar refractivity (Wildman–Crippen MR) is 145 cm³/mol. The van der Waals surface area contributed by atoms with E-state index in [4.69, 9.17) is 0 Å². The molecular weight excluding hydrogens is 646 g/mol. The summed E-state index contributed by atoms with van der Waals surface area (Å²) in [7, 11) is -9.70. The molecule has 0 spiro atoms. The molecule has 0 saturated carbocycles. The first-order chi connectivity index (χ1) is 18.9. The summed E-state index contributed by atoms with van der Waals surface area (Å²) in [5.74, 6) is -0.812. The normalized spacial score (nSPS) is 10.7. The zero-order valence-electron chi connectivity index (χ0n) is 24.6. The molecule has 0 unspecified atom stereocenters. The first kappa shape index (κ1) is 43.9. The van der Waals surface area contributed by atoms with E-state index in [1.54, 1.807) is 48.5 Å². The van der Waals surface area contributed by atoms with E-state index < -0.39 is 27.0 Å². The molecule has 0 radical (unpaired) electrons. The van der Waals surface area contributed by atoms with Gasteiger partial charge in [0.05, 0.1) is 0 Å². The van der Waals surface area contributed by atoms with E-state index in [9.17, 15) is 38.3 Å². The Morgan fingerprint density at radius 2 is 0.750 bits per heavy atom. The monoisotopic (exact) mass is 666 g/mol. The van der Waals surface area contributed by atoms with Gasteiger partial charge in [0.2, 0.25) is 0 Å². The molecule has 0 aliphatic carbocycles. The molecule has 2 N–H and O–H groups in total. The molecule has 0 heterocycles. The summed E-state index contributed by atoms with van der Waals surface area (Å²) >= 11 is 0. The van der Waals surface area contributed by atoms with Gasteiger partial charge in [-0.3, -0.25) is 9.59 Å². The zero-order valence-corrected chi connectivity index (χ0v) is 34.3. The van der Waals surface area contributed by atoms with Crippen molar-refractivity contribution in [3.05, 3.63) is 119 Å². The summed E-state index contributed by atoms with van der Waals surface area (Å²) in [5.41, 5.74) is 3.06. The van der Waals surface area contributed by atoms with Gasteiger partial charge >= 0.3 is 118 Å². The van der Waals surface area contributed by atoms with Gasteiger partial charge in [-0.2, -0.15) is 0 Å². The summed E-state index contributed by atoms with van der Waals surface area (Å²) in [5, 5.41) is 4.55. The van der Waals surface area contributed by atoms with Crippen LogP contribution in [0.25, 0.3) is 12.2 Å². The second-order valence-electron chi connectivity index (χ2n) is 8.57. The van der Waals surface area contributed by atoms with E-state index in [0.717, 1.165) is 35.4 Å². The molecule has 0 aliphatic rings. The van der Waals surface area contributed by atoms with Crippen LogP contribution in [0.2, 0.25) is 0 Å². The van der Waals surface area contributed by atoms with Crippen LogP contribution in [0, 0.1) is 0 Å². The Morgan fingerprint density at radius 1 is 0.477 bits per heavy atom. The van der Waals surface area contributed by atoms with Gasteiger partial charge in [0.25, 0.3) is 11.8 Å². The third kappa shape index (κ3) is 13.2. The SMILES string of the molecule is O=C(Nc1ccc(P(=O)([O-])[O-])cc1)c1ccc(/C=C/c2ccc(C(=O)Nc3ccc(P(=O)([O-])[O-])cc3)cc2)cc1.[Na+].[Na+].[Na+].[Na+]. The summed E-state index contributed by atoms with van der Waals surface area (Å²) < 4.78 is 22.1. The Hall–Kier alpha value is -0.140. The molecule has 2 amide bonds. The van der Waals surface area contributed by atoms with Crippen LogP contribution in [0.3, 0.4) is 0 Å². The zero-order chi connectivity index (χ0) is 28.9. The number of anilines is 2. The van der Waals surface area contributed by atoms with Crippen molar-refractivity contribution in [3.63, 3.8) is 0 Å². The maximum atomic E-state index is 12.5. The second-order valence-corrected chi connectivity index (χ2v) is 11.6. The fourth-order valence-corrected chi connectivity index (χ4v) is 4.57. The Balaban J connectivity index is 0.00000462. The number of carbonyl (C=O) groups excluding carboxylic acids is 2. The van der Waals surface area contributed by atoms with Crippen LogP contribution in [-0.2, 0) is 9.13 Å². The molecule has 4 aromatic carbocycles. The third-order valence-electron chi connectivity index (χ3n) is 5.70. The minimum absolute atomic E-state index is 0. The summed E-state index contributed by atoms with van der Waals surface area (Å²) in [4.78, 5) is 69.1. The molecule has 0 saturated heterocycles. The molecule has 0 aliphatic heterocycles. The van der Waals surface area contributed by atoms with Gasteiger partial charge in [-0.25, -0.2) is 0 Å². The van der Waals surface area contributed by atoms with E-state index in [0.29, 0.717) is 22.5 Å². The van der Waals surface area contributed by atoms with E-state index in [1.807, 2.05) is 12.2 Å². The van der Waals surface area contributed by atoms with E-state index >= 15 is 0 Å². The summed E-state index contributed by atoms with van der Waals surface area (Å²) in [6.45, 7) is 0. The first-order valence-electron chi connectivity index (χ1n) is 11.6. The number of amides is 2. The average Bonchev–Trinajstić information content (AvgIpc) is 2.92. The number of nitrogens with one attached hydrogen (secondary N) is 2. The van der Waals surface area contributed by atoms with Gasteiger partial charge in [-0.05, 0) is 85.5 Å². The molecule has 16 heteroatoms. The molecule has 0 bridgehead atoms. The minimum Gasteiger partial charge on any atom is -0.807 e. The van der Waals surface area contributed by atoms with Gasteiger partial charge in [-0.1, -0.05) is 60.7 Å². The van der Waals surface area contributed by atoms with E-state index in [2.05, 4.69) is 10.6 Å². The van der Waals surface area contributed by atoms with Gasteiger partial charge in [0, 0.05) is 22.5 Å². The number of carbonyl (C=O) groups is 2. The number of hydrogen-bond acceptors (Lipinski definition) is 8. The van der Waals surface area contributed by atoms with E-state index in [-0.39, 0.29) is 129 Å². The predicted octanol–water partition coefficient (Wildman–Crippen LogP) is -10.5. The second kappa shape index (κ2) is 19.6. The van der Waals surface area contributed by atoms with Crippen molar-refractivity contribution in [3.8, 4) is 0 Å². The van der Waals surface area contributed by atoms with Gasteiger partial charge in [-0.15, -0.1) is 0 Å². The summed E-state index contributed by atoms with van der Waals surface area (Å²) in [6, 6.07) is 23.3. The van der Waals surface area contributed by atoms with Crippen molar-refractivity contribution in [1.82, 2.24) is 0 Å². The van der Waals surface area contributed by atoms with Crippen LogP contribution in [0.1, 0.15) is 31.8 Å². The molecule has 4 rings (SSSR count). The van der Waals surface area contributed by atoms with Crippen LogP contribution < -0.4 is 159 Å². The van der Waals surface area contributed by atoms with Crippen LogP contribution >= 0.6 is 15.2 Å². The number of benzene rings is 4. The molecule has 10 nitrogen and oxygen atoms in total. The molecule has 44 heavy (non-hydrogen) atoms. The quantitative estimate of drug-likeness (QED) is 0.106. The molecule has 0 atom stereocenters. The van der Waals surface area contributed by atoms with Crippen molar-refractivity contribution in [2.75, 3.05) is 10.6 Å². The van der Waals surface area contributed by atoms with Crippen LogP contribution in [0.5, 0.6) is 0 Å². The summed E-state index contributed by atoms with van der Waals surface area (Å²) in [6.07, 6.45) is 3.65. The molecule has 0 fully saturated rings. The van der Waals surface area contributed by atoms with Crippen molar-refractivity contribution in [1.29, 1.82) is 0 Å². The third-order valence-corrected chi connectivity index (χ3v) is 7.56. The number of hydrogen-bond donors (Lipinski definition) is 2. The van der Waals surface area contributed by atoms with Crippen molar-refractivity contribution >= 4 is 61.1 Å². The van der Waals surface area contributed by atoms with Gasteiger partial charge in [0.1, 0.15) is 0 Å². The standard InChI is InChI=1S/C28H24N2O8P2.4Na/c31-27(29-23-11-15-25(16-12-23)39(33,34)35)21-7-3-19(4-8-21)1-2-20-5-9-22(10-6-20)28(32)30-24-13-17-26(18-14-24)40(36,37)38;;;;/h1-18H,(H,29,31)(H,30,32)(H2,33,34,35)(H2,36,37,38);;;;/q;4*+1/p-4/b2-1+;;;;. The van der Waals surface area contributed by atoms with Crippen molar-refractivity contribution < 1.29 is 157 Å². The van der Waals surface area contributed by atoms with Gasteiger partial charge in [0.15, 0.2) is 0 Å². The molecule has 0 aromatic heterocycles. The fraction of sp³-hybridized carbons (Fsp3) is 0. The number of rotatable bonds is 8. The Bertz CT molecular complexity index is 1530. The Labute approximate surface area is 343 Å². The van der Waals surface area contributed by atoms with Crippen molar-refractivity contribution in [2.45, 2.75) is 0 Å². The maximum Gasteiger partial charge on any atom is 1.00 e. The largest absolute Gasteiger partial charge is 1.00 e. The molecule has 204 valence electrons. The fourth-order valence-electron chi connectivity index (χ4n) is 3.54. The van der Waals surface area contributed by atoms with Crippen LogP contribution in [-0.4, -0.2) is 11.8 Å². The average molecular weight is 666 g/mol. The Morgan fingerprint density at radius 3 is 1.00 bits per heavy atom. The van der Waals surface area contributed by atoms with Crippen LogP contribution in [0.4, 0.5) is 11.4 Å². The maximum absolute atomic E-state index is 12.5. The molecule has 4 aromatic rings. The van der Waals surface area contributed by atoms with Crippen LogP contribution in [0.15, 0.2) is 97.1 Å². The Kier molecular flexibility index (Phi) is 19.6. The van der Waals surface area contributed by atoms with E-state index in [1.165, 1.54) is 24.3 Å². The smallest absolute Gasteiger partial charge is 0.807 e. The minimum atomic E-state index is -4.85.